The molecule has 0 atom stereocenters. The zero-order valence-corrected chi connectivity index (χ0v) is 11.4. The first kappa shape index (κ1) is 15.1. The highest BCUT2D eigenvalue weighted by molar-refractivity contribution is 7.90. The Balaban J connectivity index is 2.37. The maximum Gasteiger partial charge on any atom is 0.335 e. The van der Waals surface area contributed by atoms with Crippen LogP contribution < -0.4 is 0 Å². The van der Waals surface area contributed by atoms with E-state index in [9.17, 15) is 22.0 Å². The number of hydrogen-bond donors (Lipinski definition) is 1. The van der Waals surface area contributed by atoms with E-state index in [-0.39, 0.29) is 11.1 Å². The van der Waals surface area contributed by atoms with Crippen LogP contribution in [-0.4, -0.2) is 19.5 Å². The quantitative estimate of drug-likeness (QED) is 0.881. The summed E-state index contributed by atoms with van der Waals surface area (Å²) in [6, 6.07) is 7.52. The van der Waals surface area contributed by atoms with Crippen LogP contribution in [0.25, 0.3) is 0 Å². The third-order valence-corrected chi connectivity index (χ3v) is 4.47. The molecule has 0 radical (unpaired) electrons. The van der Waals surface area contributed by atoms with Crippen molar-refractivity contribution in [3.05, 3.63) is 65.2 Å². The van der Waals surface area contributed by atoms with Crippen LogP contribution in [0.2, 0.25) is 0 Å². The Kier molecular flexibility index (Phi) is 4.04. The van der Waals surface area contributed by atoms with Crippen LogP contribution in [0.15, 0.2) is 47.4 Å². The fraction of sp³-hybridized carbons (Fsp3) is 0.0714. The number of carboxylic acids is 1. The lowest BCUT2D eigenvalue weighted by Crippen LogP contribution is -2.08. The van der Waals surface area contributed by atoms with Gasteiger partial charge in [-0.2, -0.15) is 0 Å². The Morgan fingerprint density at radius 1 is 1.10 bits per heavy atom. The minimum absolute atomic E-state index is 0.0673. The fourth-order valence-corrected chi connectivity index (χ4v) is 3.22. The molecule has 0 spiro atoms. The van der Waals surface area contributed by atoms with E-state index in [1.807, 2.05) is 0 Å². The molecule has 0 heterocycles. The minimum atomic E-state index is -4.04. The summed E-state index contributed by atoms with van der Waals surface area (Å²) in [6.07, 6.45) is 0. The zero-order chi connectivity index (χ0) is 15.6. The predicted molar refractivity (Wildman–Crippen MR) is 70.6 cm³/mol. The molecule has 2 rings (SSSR count). The second-order valence-corrected chi connectivity index (χ2v) is 6.30. The molecule has 0 bridgehead atoms. The Hall–Kier alpha value is -2.28. The molecule has 0 aliphatic rings. The second-order valence-electron chi connectivity index (χ2n) is 4.34. The monoisotopic (exact) mass is 312 g/mol. The number of aromatic carboxylic acids is 1. The lowest BCUT2D eigenvalue weighted by molar-refractivity contribution is 0.0696. The summed E-state index contributed by atoms with van der Waals surface area (Å²) in [6.45, 7) is 0. The average molecular weight is 312 g/mol. The van der Waals surface area contributed by atoms with Gasteiger partial charge in [0.15, 0.2) is 9.84 Å². The van der Waals surface area contributed by atoms with Gasteiger partial charge < -0.3 is 5.11 Å². The molecule has 4 nitrogen and oxygen atoms in total. The molecule has 0 aromatic heterocycles. The second kappa shape index (κ2) is 5.61. The highest BCUT2D eigenvalue weighted by Gasteiger charge is 2.20. The molecule has 110 valence electrons. The number of carboxylic acid groups (broad SMARTS) is 1. The van der Waals surface area contributed by atoms with E-state index in [2.05, 4.69) is 0 Å². The third kappa shape index (κ3) is 3.43. The van der Waals surface area contributed by atoms with E-state index in [1.54, 1.807) is 0 Å². The lowest BCUT2D eigenvalue weighted by Gasteiger charge is -2.06. The van der Waals surface area contributed by atoms with Crippen molar-refractivity contribution in [1.29, 1.82) is 0 Å². The molecule has 0 unspecified atom stereocenters. The number of hydrogen-bond acceptors (Lipinski definition) is 3. The SMILES string of the molecule is O=C(O)c1cccc(CS(=O)(=O)c2ccc(F)cc2F)c1. The van der Waals surface area contributed by atoms with Crippen molar-refractivity contribution in [3.8, 4) is 0 Å². The topological polar surface area (TPSA) is 71.4 Å². The van der Waals surface area contributed by atoms with Crippen LogP contribution >= 0.6 is 0 Å². The van der Waals surface area contributed by atoms with Gasteiger partial charge in [-0.15, -0.1) is 0 Å². The van der Waals surface area contributed by atoms with E-state index in [0.29, 0.717) is 6.07 Å². The molecule has 0 saturated heterocycles. The minimum Gasteiger partial charge on any atom is -0.478 e. The molecular weight excluding hydrogens is 302 g/mol. The van der Waals surface area contributed by atoms with Gasteiger partial charge >= 0.3 is 5.97 Å². The molecule has 2 aromatic carbocycles. The maximum absolute atomic E-state index is 13.5. The van der Waals surface area contributed by atoms with Crippen molar-refractivity contribution in [2.24, 2.45) is 0 Å². The standard InChI is InChI=1S/C14H10F2O4S/c15-11-4-5-13(12(16)7-11)21(19,20)8-9-2-1-3-10(6-9)14(17)18/h1-7H,8H2,(H,17,18). The van der Waals surface area contributed by atoms with E-state index in [1.165, 1.54) is 24.3 Å². The van der Waals surface area contributed by atoms with Gasteiger partial charge in [0.05, 0.1) is 11.3 Å². The first-order chi connectivity index (χ1) is 9.79. The third-order valence-electron chi connectivity index (χ3n) is 2.76. The molecule has 0 fully saturated rings. The van der Waals surface area contributed by atoms with Gasteiger partial charge in [-0.1, -0.05) is 12.1 Å². The van der Waals surface area contributed by atoms with Gasteiger partial charge in [0.2, 0.25) is 0 Å². The first-order valence-corrected chi connectivity index (χ1v) is 7.45. The number of benzene rings is 2. The Labute approximate surface area is 119 Å². The van der Waals surface area contributed by atoms with Crippen LogP contribution in [-0.2, 0) is 15.6 Å². The number of rotatable bonds is 4. The summed E-state index contributed by atoms with van der Waals surface area (Å²) in [5, 5.41) is 8.85. The van der Waals surface area contributed by atoms with E-state index >= 15 is 0 Å². The van der Waals surface area contributed by atoms with Gasteiger partial charge in [-0.05, 0) is 29.8 Å². The normalized spacial score (nSPS) is 11.3. The largest absolute Gasteiger partial charge is 0.478 e. The molecular formula is C14H10F2O4S. The summed E-state index contributed by atoms with van der Waals surface area (Å²) in [5.41, 5.74) is 0.140. The Morgan fingerprint density at radius 2 is 1.81 bits per heavy atom. The number of sulfone groups is 1. The molecule has 21 heavy (non-hydrogen) atoms. The molecule has 1 N–H and O–H groups in total. The van der Waals surface area contributed by atoms with E-state index in [0.717, 1.165) is 12.1 Å². The van der Waals surface area contributed by atoms with Crippen LogP contribution in [0, 0.1) is 11.6 Å². The van der Waals surface area contributed by atoms with Crippen LogP contribution in [0.4, 0.5) is 8.78 Å². The van der Waals surface area contributed by atoms with Crippen molar-refractivity contribution in [2.45, 2.75) is 10.6 Å². The smallest absolute Gasteiger partial charge is 0.335 e. The molecule has 0 saturated carbocycles. The highest BCUT2D eigenvalue weighted by Crippen LogP contribution is 2.21. The van der Waals surface area contributed by atoms with Crippen molar-refractivity contribution >= 4 is 15.8 Å². The van der Waals surface area contributed by atoms with E-state index in [4.69, 9.17) is 5.11 Å². The molecule has 7 heteroatoms. The summed E-state index contributed by atoms with van der Waals surface area (Å²) >= 11 is 0. The fourth-order valence-electron chi connectivity index (χ4n) is 1.82. The zero-order valence-electron chi connectivity index (χ0n) is 10.6. The van der Waals surface area contributed by atoms with Crippen molar-refractivity contribution in [3.63, 3.8) is 0 Å². The summed E-state index contributed by atoms with van der Waals surface area (Å²) in [5.74, 6) is -3.82. The summed E-state index contributed by atoms with van der Waals surface area (Å²) in [4.78, 5) is 10.2. The molecule has 0 aliphatic carbocycles. The average Bonchev–Trinajstić information content (AvgIpc) is 2.37. The van der Waals surface area contributed by atoms with Crippen molar-refractivity contribution in [2.75, 3.05) is 0 Å². The van der Waals surface area contributed by atoms with Crippen molar-refractivity contribution in [1.82, 2.24) is 0 Å². The predicted octanol–water partition coefficient (Wildman–Crippen LogP) is 2.64. The molecule has 2 aromatic rings. The van der Waals surface area contributed by atoms with Crippen LogP contribution in [0.3, 0.4) is 0 Å². The van der Waals surface area contributed by atoms with Crippen LogP contribution in [0.1, 0.15) is 15.9 Å². The van der Waals surface area contributed by atoms with E-state index < -0.39 is 38.1 Å². The van der Waals surface area contributed by atoms with Gasteiger partial charge in [0, 0.05) is 6.07 Å². The maximum atomic E-state index is 13.5. The Bertz CT molecular complexity index is 800. The number of carbonyl (C=O) groups is 1. The summed E-state index contributed by atoms with van der Waals surface area (Å²) in [7, 11) is -4.04. The van der Waals surface area contributed by atoms with Gasteiger partial charge in [-0.25, -0.2) is 22.0 Å². The lowest BCUT2D eigenvalue weighted by atomic mass is 10.1. The van der Waals surface area contributed by atoms with Gasteiger partial charge in [-0.3, -0.25) is 0 Å². The van der Waals surface area contributed by atoms with Crippen LogP contribution in [0.5, 0.6) is 0 Å². The van der Waals surface area contributed by atoms with Crippen molar-refractivity contribution < 1.29 is 27.1 Å². The number of halogens is 2. The summed E-state index contributed by atoms with van der Waals surface area (Å²) < 4.78 is 50.6. The van der Waals surface area contributed by atoms with Gasteiger partial charge in [0.25, 0.3) is 0 Å². The molecule has 0 aliphatic heterocycles. The first-order valence-electron chi connectivity index (χ1n) is 5.79. The molecule has 0 amide bonds. The van der Waals surface area contributed by atoms with Gasteiger partial charge in [0.1, 0.15) is 16.5 Å². The Morgan fingerprint density at radius 3 is 2.43 bits per heavy atom. The highest BCUT2D eigenvalue weighted by atomic mass is 32.2.